The predicted molar refractivity (Wildman–Crippen MR) is 63.8 cm³/mol. The second-order valence-corrected chi connectivity index (χ2v) is 3.59. The molecule has 3 heteroatoms. The number of hydrogen-bond donors (Lipinski definition) is 0. The number of methoxy groups -OCH3 is 1. The molecule has 0 heterocycles. The van der Waals surface area contributed by atoms with Gasteiger partial charge in [0.2, 0.25) is 0 Å². The number of hydrogen-bond acceptors (Lipinski definition) is 2. The zero-order valence-corrected chi connectivity index (χ0v) is 9.31. The van der Waals surface area contributed by atoms with E-state index in [2.05, 4.69) is 0 Å². The molecule has 17 heavy (non-hydrogen) atoms. The Labute approximate surface area is 98.7 Å². The van der Waals surface area contributed by atoms with Crippen LogP contribution in [0.5, 0.6) is 5.75 Å². The molecule has 0 bridgehead atoms. The van der Waals surface area contributed by atoms with Gasteiger partial charge in [-0.25, -0.2) is 4.39 Å². The van der Waals surface area contributed by atoms with Gasteiger partial charge in [-0.05, 0) is 35.4 Å². The molecule has 0 amide bonds. The van der Waals surface area contributed by atoms with Crippen LogP contribution in [0.2, 0.25) is 0 Å². The van der Waals surface area contributed by atoms with Crippen molar-refractivity contribution in [3.63, 3.8) is 0 Å². The Morgan fingerprint density at radius 2 is 1.88 bits per heavy atom. The fourth-order valence-corrected chi connectivity index (χ4v) is 1.62. The Balaban J connectivity index is 2.48. The molecule has 2 aromatic rings. The summed E-state index contributed by atoms with van der Waals surface area (Å²) in [5.74, 6) is 0.214. The Morgan fingerprint density at radius 3 is 2.59 bits per heavy atom. The molecule has 2 rings (SSSR count). The van der Waals surface area contributed by atoms with E-state index in [0.717, 1.165) is 16.9 Å². The van der Waals surface area contributed by atoms with Gasteiger partial charge in [-0.15, -0.1) is 0 Å². The first-order valence-electron chi connectivity index (χ1n) is 5.14. The van der Waals surface area contributed by atoms with E-state index in [4.69, 9.17) is 4.74 Å². The number of halogens is 1. The molecule has 0 unspecified atom stereocenters. The van der Waals surface area contributed by atoms with E-state index in [1.165, 1.54) is 12.1 Å². The van der Waals surface area contributed by atoms with Gasteiger partial charge in [0.05, 0.1) is 12.7 Å². The van der Waals surface area contributed by atoms with Gasteiger partial charge in [0.15, 0.2) is 6.29 Å². The molecular weight excluding hydrogens is 219 g/mol. The van der Waals surface area contributed by atoms with Gasteiger partial charge in [-0.3, -0.25) is 4.79 Å². The monoisotopic (exact) mass is 230 g/mol. The van der Waals surface area contributed by atoms with Crippen molar-refractivity contribution in [3.8, 4) is 16.9 Å². The average molecular weight is 230 g/mol. The molecule has 0 radical (unpaired) electrons. The van der Waals surface area contributed by atoms with E-state index < -0.39 is 5.82 Å². The first-order valence-corrected chi connectivity index (χ1v) is 5.14. The van der Waals surface area contributed by atoms with Crippen molar-refractivity contribution in [1.82, 2.24) is 0 Å². The van der Waals surface area contributed by atoms with Crippen molar-refractivity contribution in [2.75, 3.05) is 7.11 Å². The van der Waals surface area contributed by atoms with E-state index in [0.29, 0.717) is 6.29 Å². The summed E-state index contributed by atoms with van der Waals surface area (Å²) >= 11 is 0. The third kappa shape index (κ3) is 2.33. The highest BCUT2D eigenvalue weighted by Gasteiger charge is 2.05. The quantitative estimate of drug-likeness (QED) is 0.756. The van der Waals surface area contributed by atoms with Crippen LogP contribution >= 0.6 is 0 Å². The van der Waals surface area contributed by atoms with Crippen molar-refractivity contribution in [2.24, 2.45) is 0 Å². The minimum atomic E-state index is -0.508. The van der Waals surface area contributed by atoms with Crippen LogP contribution in [-0.4, -0.2) is 13.4 Å². The Bertz CT molecular complexity index is 550. The van der Waals surface area contributed by atoms with Gasteiger partial charge < -0.3 is 4.74 Å². The lowest BCUT2D eigenvalue weighted by molar-refractivity contribution is 0.112. The predicted octanol–water partition coefficient (Wildman–Crippen LogP) is 3.31. The van der Waals surface area contributed by atoms with Crippen LogP contribution in [0.4, 0.5) is 4.39 Å². The van der Waals surface area contributed by atoms with Crippen molar-refractivity contribution in [2.45, 2.75) is 0 Å². The minimum Gasteiger partial charge on any atom is -0.497 e. The summed E-state index contributed by atoms with van der Waals surface area (Å²) < 4.78 is 18.3. The SMILES string of the molecule is COc1cccc(-c2ccc(F)c(C=O)c2)c1. The van der Waals surface area contributed by atoms with E-state index in [1.54, 1.807) is 13.2 Å². The van der Waals surface area contributed by atoms with Gasteiger partial charge in [-0.1, -0.05) is 18.2 Å². The second kappa shape index (κ2) is 4.78. The first-order chi connectivity index (χ1) is 8.24. The second-order valence-electron chi connectivity index (χ2n) is 3.59. The maximum atomic E-state index is 13.2. The van der Waals surface area contributed by atoms with Crippen LogP contribution in [0.15, 0.2) is 42.5 Å². The molecule has 0 saturated carbocycles. The maximum Gasteiger partial charge on any atom is 0.153 e. The summed E-state index contributed by atoms with van der Waals surface area (Å²) in [7, 11) is 1.58. The fraction of sp³-hybridized carbons (Fsp3) is 0.0714. The van der Waals surface area contributed by atoms with Gasteiger partial charge in [0.1, 0.15) is 11.6 Å². The van der Waals surface area contributed by atoms with Crippen molar-refractivity contribution in [1.29, 1.82) is 0 Å². The van der Waals surface area contributed by atoms with E-state index in [1.807, 2.05) is 24.3 Å². The van der Waals surface area contributed by atoms with Crippen molar-refractivity contribution in [3.05, 3.63) is 53.8 Å². The summed E-state index contributed by atoms with van der Waals surface area (Å²) in [6, 6.07) is 11.8. The fourth-order valence-electron chi connectivity index (χ4n) is 1.62. The highest BCUT2D eigenvalue weighted by Crippen LogP contribution is 2.25. The highest BCUT2D eigenvalue weighted by molar-refractivity contribution is 5.79. The summed E-state index contributed by atoms with van der Waals surface area (Å²) in [4.78, 5) is 10.7. The third-order valence-corrected chi connectivity index (χ3v) is 2.53. The molecule has 0 aliphatic heterocycles. The molecule has 0 fully saturated rings. The lowest BCUT2D eigenvalue weighted by Crippen LogP contribution is -1.89. The molecular formula is C14H11FO2. The normalized spacial score (nSPS) is 10.0. The molecule has 0 aliphatic carbocycles. The Kier molecular flexibility index (Phi) is 3.19. The van der Waals surface area contributed by atoms with Crippen LogP contribution in [-0.2, 0) is 0 Å². The number of aldehydes is 1. The smallest absolute Gasteiger partial charge is 0.153 e. The molecule has 0 aliphatic rings. The molecule has 0 N–H and O–H groups in total. The van der Waals surface area contributed by atoms with Crippen molar-refractivity contribution < 1.29 is 13.9 Å². The number of ether oxygens (including phenoxy) is 1. The average Bonchev–Trinajstić information content (AvgIpc) is 2.39. The topological polar surface area (TPSA) is 26.3 Å². The third-order valence-electron chi connectivity index (χ3n) is 2.53. The lowest BCUT2D eigenvalue weighted by Gasteiger charge is -2.05. The van der Waals surface area contributed by atoms with Crippen molar-refractivity contribution >= 4 is 6.29 Å². The minimum absolute atomic E-state index is 0.0605. The van der Waals surface area contributed by atoms with Crippen LogP contribution in [0.25, 0.3) is 11.1 Å². The largest absolute Gasteiger partial charge is 0.497 e. The summed E-state index contributed by atoms with van der Waals surface area (Å²) in [5.41, 5.74) is 1.73. The molecule has 0 atom stereocenters. The molecule has 2 nitrogen and oxygen atoms in total. The van der Waals surface area contributed by atoms with Gasteiger partial charge in [-0.2, -0.15) is 0 Å². The van der Waals surface area contributed by atoms with Gasteiger partial charge in [0.25, 0.3) is 0 Å². The van der Waals surface area contributed by atoms with E-state index in [-0.39, 0.29) is 5.56 Å². The van der Waals surface area contributed by atoms with E-state index in [9.17, 15) is 9.18 Å². The molecule has 0 saturated heterocycles. The van der Waals surface area contributed by atoms with Gasteiger partial charge >= 0.3 is 0 Å². The Morgan fingerprint density at radius 1 is 1.12 bits per heavy atom. The maximum absolute atomic E-state index is 13.2. The van der Waals surface area contributed by atoms with Gasteiger partial charge in [0, 0.05) is 0 Å². The standard InChI is InChI=1S/C14H11FO2/c1-17-13-4-2-3-10(8-13)11-5-6-14(15)12(7-11)9-16/h2-9H,1H3. The molecule has 0 aromatic heterocycles. The molecule has 2 aromatic carbocycles. The summed E-state index contributed by atoms with van der Waals surface area (Å²) in [5, 5.41) is 0. The number of rotatable bonds is 3. The van der Waals surface area contributed by atoms with E-state index >= 15 is 0 Å². The lowest BCUT2D eigenvalue weighted by atomic mass is 10.0. The molecule has 0 spiro atoms. The van der Waals surface area contributed by atoms with Crippen LogP contribution in [0.3, 0.4) is 0 Å². The molecule has 86 valence electrons. The van der Waals surface area contributed by atoms with Crippen LogP contribution in [0.1, 0.15) is 10.4 Å². The van der Waals surface area contributed by atoms with Crippen LogP contribution < -0.4 is 4.74 Å². The number of benzene rings is 2. The zero-order chi connectivity index (χ0) is 12.3. The highest BCUT2D eigenvalue weighted by atomic mass is 19.1. The summed E-state index contributed by atoms with van der Waals surface area (Å²) in [6.45, 7) is 0. The Hall–Kier alpha value is -2.16. The first kappa shape index (κ1) is 11.3. The summed E-state index contributed by atoms with van der Waals surface area (Å²) in [6.07, 6.45) is 0.513. The number of carbonyl (C=O) groups is 1. The van der Waals surface area contributed by atoms with Crippen LogP contribution in [0, 0.1) is 5.82 Å². The number of carbonyl (C=O) groups excluding carboxylic acids is 1. The zero-order valence-electron chi connectivity index (χ0n) is 9.31.